The van der Waals surface area contributed by atoms with E-state index in [9.17, 15) is 0 Å². The van der Waals surface area contributed by atoms with E-state index < -0.39 is 0 Å². The summed E-state index contributed by atoms with van der Waals surface area (Å²) in [5, 5.41) is 0. The molecule has 0 N–H and O–H groups in total. The first-order valence-corrected chi connectivity index (χ1v) is 3.06. The van der Waals surface area contributed by atoms with Crippen molar-refractivity contribution in [1.29, 1.82) is 0 Å². The summed E-state index contributed by atoms with van der Waals surface area (Å²) in [7, 11) is 2.06. The Morgan fingerprint density at radius 2 is 2.44 bits per heavy atom. The molecule has 0 unspecified atom stereocenters. The van der Waals surface area contributed by atoms with Crippen molar-refractivity contribution in [3.8, 4) is 0 Å². The van der Waals surface area contributed by atoms with Gasteiger partial charge in [-0.05, 0) is 0 Å². The molecule has 0 atom stereocenters. The minimum Gasteiger partial charge on any atom is -0.362 e. The molecule has 0 aliphatic carbocycles. The molecular weight excluding hydrogens is 112 g/mol. The standard InChI is InChI=1S/C7H12N2/c1-3-4-9-6-5-8(2)7-9/h3,5-6H,1,4,7H2,2H3. The molecule has 0 spiro atoms. The van der Waals surface area contributed by atoms with Crippen molar-refractivity contribution in [3.05, 3.63) is 25.1 Å². The van der Waals surface area contributed by atoms with Crippen molar-refractivity contribution >= 4 is 0 Å². The number of nitrogens with zero attached hydrogens (tertiary/aromatic N) is 2. The van der Waals surface area contributed by atoms with Gasteiger partial charge in [0.2, 0.25) is 0 Å². The first-order chi connectivity index (χ1) is 4.33. The molecular formula is C7H12N2. The fourth-order valence-corrected chi connectivity index (χ4v) is 0.873. The summed E-state index contributed by atoms with van der Waals surface area (Å²) in [6.45, 7) is 5.59. The Bertz CT molecular complexity index is 129. The van der Waals surface area contributed by atoms with E-state index in [-0.39, 0.29) is 0 Å². The van der Waals surface area contributed by atoms with Crippen LogP contribution in [0.1, 0.15) is 0 Å². The maximum absolute atomic E-state index is 3.66. The predicted molar refractivity (Wildman–Crippen MR) is 38.7 cm³/mol. The Hall–Kier alpha value is -0.920. The van der Waals surface area contributed by atoms with Crippen molar-refractivity contribution in [2.75, 3.05) is 20.3 Å². The smallest absolute Gasteiger partial charge is 0.0894 e. The lowest BCUT2D eigenvalue weighted by Crippen LogP contribution is -2.21. The van der Waals surface area contributed by atoms with Gasteiger partial charge in [-0.25, -0.2) is 0 Å². The summed E-state index contributed by atoms with van der Waals surface area (Å²) in [5.74, 6) is 0. The molecule has 1 aliphatic heterocycles. The average Bonchev–Trinajstić information content (AvgIpc) is 2.17. The lowest BCUT2D eigenvalue weighted by molar-refractivity contribution is 0.318. The summed E-state index contributed by atoms with van der Waals surface area (Å²) >= 11 is 0. The number of hydrogen-bond acceptors (Lipinski definition) is 2. The third kappa shape index (κ3) is 1.49. The van der Waals surface area contributed by atoms with E-state index in [2.05, 4.69) is 35.8 Å². The number of hydrogen-bond donors (Lipinski definition) is 0. The summed E-state index contributed by atoms with van der Waals surface area (Å²) in [6.07, 6.45) is 6.04. The average molecular weight is 124 g/mol. The van der Waals surface area contributed by atoms with Crippen LogP contribution in [0.3, 0.4) is 0 Å². The highest BCUT2D eigenvalue weighted by atomic mass is 15.3. The Balaban J connectivity index is 2.31. The van der Waals surface area contributed by atoms with E-state index in [0.717, 1.165) is 13.2 Å². The van der Waals surface area contributed by atoms with E-state index in [0.29, 0.717) is 0 Å². The van der Waals surface area contributed by atoms with E-state index in [4.69, 9.17) is 0 Å². The molecule has 0 aromatic carbocycles. The molecule has 2 nitrogen and oxygen atoms in total. The van der Waals surface area contributed by atoms with Crippen LogP contribution in [0.4, 0.5) is 0 Å². The summed E-state index contributed by atoms with van der Waals surface area (Å²) in [4.78, 5) is 4.32. The molecule has 2 heteroatoms. The van der Waals surface area contributed by atoms with Gasteiger partial charge in [-0.3, -0.25) is 0 Å². The highest BCUT2D eigenvalue weighted by Gasteiger charge is 2.04. The van der Waals surface area contributed by atoms with Crippen molar-refractivity contribution < 1.29 is 0 Å². The monoisotopic (exact) mass is 124 g/mol. The SMILES string of the molecule is C=CCN1C=CN(C)C1. The van der Waals surface area contributed by atoms with Crippen LogP contribution in [-0.4, -0.2) is 30.1 Å². The third-order valence-electron chi connectivity index (χ3n) is 1.30. The van der Waals surface area contributed by atoms with Gasteiger partial charge in [-0.15, -0.1) is 6.58 Å². The van der Waals surface area contributed by atoms with E-state index in [1.807, 2.05) is 6.08 Å². The third-order valence-corrected chi connectivity index (χ3v) is 1.30. The molecule has 0 saturated heterocycles. The van der Waals surface area contributed by atoms with E-state index >= 15 is 0 Å². The second-order valence-electron chi connectivity index (χ2n) is 2.26. The Labute approximate surface area is 56.1 Å². The van der Waals surface area contributed by atoms with E-state index in [1.54, 1.807) is 0 Å². The summed E-state index contributed by atoms with van der Waals surface area (Å²) in [6, 6.07) is 0. The second kappa shape index (κ2) is 2.58. The molecule has 0 aromatic rings. The van der Waals surface area contributed by atoms with Crippen molar-refractivity contribution in [3.63, 3.8) is 0 Å². The zero-order chi connectivity index (χ0) is 6.69. The maximum Gasteiger partial charge on any atom is 0.0894 e. The van der Waals surface area contributed by atoms with Crippen molar-refractivity contribution in [1.82, 2.24) is 9.80 Å². The molecule has 0 radical (unpaired) electrons. The molecule has 0 bridgehead atoms. The van der Waals surface area contributed by atoms with Gasteiger partial charge in [0.25, 0.3) is 0 Å². The van der Waals surface area contributed by atoms with Gasteiger partial charge in [-0.2, -0.15) is 0 Å². The van der Waals surface area contributed by atoms with Gasteiger partial charge < -0.3 is 9.80 Å². The largest absolute Gasteiger partial charge is 0.362 e. The zero-order valence-electron chi connectivity index (χ0n) is 5.75. The van der Waals surface area contributed by atoms with Crippen LogP contribution in [0, 0.1) is 0 Å². The van der Waals surface area contributed by atoms with Gasteiger partial charge in [0, 0.05) is 26.0 Å². The highest BCUT2D eigenvalue weighted by Crippen LogP contribution is 2.01. The van der Waals surface area contributed by atoms with Crippen molar-refractivity contribution in [2.24, 2.45) is 0 Å². The molecule has 50 valence electrons. The highest BCUT2D eigenvalue weighted by molar-refractivity contribution is 4.91. The minimum atomic E-state index is 0.945. The van der Waals surface area contributed by atoms with Crippen LogP contribution < -0.4 is 0 Å². The molecule has 1 rings (SSSR count). The molecule has 0 amide bonds. The molecule has 1 aliphatic rings. The Kier molecular flexibility index (Phi) is 1.78. The van der Waals surface area contributed by atoms with Gasteiger partial charge in [0.05, 0.1) is 6.67 Å². The quantitative estimate of drug-likeness (QED) is 0.503. The Morgan fingerprint density at radius 3 is 2.89 bits per heavy atom. The first kappa shape index (κ1) is 6.20. The molecule has 1 heterocycles. The van der Waals surface area contributed by atoms with Gasteiger partial charge >= 0.3 is 0 Å². The topological polar surface area (TPSA) is 6.48 Å². The normalized spacial score (nSPS) is 17.0. The summed E-state index contributed by atoms with van der Waals surface area (Å²) < 4.78 is 0. The van der Waals surface area contributed by atoms with Crippen molar-refractivity contribution in [2.45, 2.75) is 0 Å². The molecule has 0 aromatic heterocycles. The zero-order valence-corrected chi connectivity index (χ0v) is 5.75. The molecule has 0 saturated carbocycles. The van der Waals surface area contributed by atoms with Gasteiger partial charge in [0.1, 0.15) is 0 Å². The lowest BCUT2D eigenvalue weighted by Gasteiger charge is -2.15. The molecule has 9 heavy (non-hydrogen) atoms. The molecule has 0 fully saturated rings. The minimum absolute atomic E-state index is 0.945. The second-order valence-corrected chi connectivity index (χ2v) is 2.26. The Morgan fingerprint density at radius 1 is 1.67 bits per heavy atom. The van der Waals surface area contributed by atoms with Crippen LogP contribution in [0.25, 0.3) is 0 Å². The predicted octanol–water partition coefficient (Wildman–Crippen LogP) is 0.849. The fourth-order valence-electron chi connectivity index (χ4n) is 0.873. The first-order valence-electron chi connectivity index (χ1n) is 3.06. The van der Waals surface area contributed by atoms with Crippen LogP contribution in [0.15, 0.2) is 25.1 Å². The summed E-state index contributed by atoms with van der Waals surface area (Å²) in [5.41, 5.74) is 0. The van der Waals surface area contributed by atoms with Gasteiger partial charge in [-0.1, -0.05) is 6.08 Å². The van der Waals surface area contributed by atoms with Crippen LogP contribution in [0.2, 0.25) is 0 Å². The maximum atomic E-state index is 3.66. The van der Waals surface area contributed by atoms with Crippen LogP contribution in [-0.2, 0) is 0 Å². The van der Waals surface area contributed by atoms with Crippen LogP contribution >= 0.6 is 0 Å². The van der Waals surface area contributed by atoms with Gasteiger partial charge in [0.15, 0.2) is 0 Å². The van der Waals surface area contributed by atoms with E-state index in [1.165, 1.54) is 0 Å². The fraction of sp³-hybridized carbons (Fsp3) is 0.429. The van der Waals surface area contributed by atoms with Crippen LogP contribution in [0.5, 0.6) is 0 Å². The number of rotatable bonds is 2. The lowest BCUT2D eigenvalue weighted by atomic mass is 10.6.